The van der Waals surface area contributed by atoms with Gasteiger partial charge in [-0.15, -0.1) is 0 Å². The molecule has 1 fully saturated rings. The van der Waals surface area contributed by atoms with Gasteiger partial charge in [-0.05, 0) is 36.5 Å². The van der Waals surface area contributed by atoms with Crippen LogP contribution in [-0.2, 0) is 17.7 Å². The van der Waals surface area contributed by atoms with Crippen LogP contribution in [0.15, 0.2) is 36.8 Å². The van der Waals surface area contributed by atoms with Crippen molar-refractivity contribution in [2.75, 3.05) is 25.5 Å². The van der Waals surface area contributed by atoms with E-state index in [0.29, 0.717) is 18.3 Å². The molecule has 0 aliphatic carbocycles. The highest BCUT2D eigenvalue weighted by Gasteiger charge is 2.28. The van der Waals surface area contributed by atoms with E-state index in [9.17, 15) is 4.79 Å². The van der Waals surface area contributed by atoms with E-state index < -0.39 is 0 Å². The minimum Gasteiger partial charge on any atom is -0.379 e. The second-order valence-electron chi connectivity index (χ2n) is 6.49. The Bertz CT molecular complexity index is 688. The van der Waals surface area contributed by atoms with Gasteiger partial charge in [-0.1, -0.05) is 6.92 Å². The van der Waals surface area contributed by atoms with Crippen LogP contribution in [0.4, 0.5) is 10.6 Å². The van der Waals surface area contributed by atoms with Crippen LogP contribution < -0.4 is 5.32 Å². The summed E-state index contributed by atoms with van der Waals surface area (Å²) < 4.78 is 7.31. The third-order valence-electron chi connectivity index (χ3n) is 4.73. The lowest BCUT2D eigenvalue weighted by Crippen LogP contribution is -2.48. The van der Waals surface area contributed by atoms with E-state index in [1.165, 1.54) is 5.56 Å². The average Bonchev–Trinajstić information content (AvgIpc) is 3.08. The predicted molar refractivity (Wildman–Crippen MR) is 95.3 cm³/mol. The molecule has 7 heteroatoms. The summed E-state index contributed by atoms with van der Waals surface area (Å²) in [6.45, 7) is 4.28. The highest BCUT2D eigenvalue weighted by atomic mass is 16.5. The standard InChI is InChI=1S/C18H25N5O2/c1-14-5-10-22(13-16(14)25-2)18(24)20-17-7-12-23(21-17)11-6-15-3-8-19-9-4-15/h3-4,7-9,12,14,16H,5-6,10-11,13H2,1-2H3,(H,20,21,24)/t14-,16-/m0/s1. The Hall–Kier alpha value is -2.41. The molecule has 2 amide bonds. The van der Waals surface area contributed by atoms with E-state index in [0.717, 1.165) is 25.9 Å². The van der Waals surface area contributed by atoms with Gasteiger partial charge in [0.25, 0.3) is 0 Å². The van der Waals surface area contributed by atoms with Crippen LogP contribution in [0.5, 0.6) is 0 Å². The van der Waals surface area contributed by atoms with Crippen molar-refractivity contribution < 1.29 is 9.53 Å². The summed E-state index contributed by atoms with van der Waals surface area (Å²) in [5.41, 5.74) is 1.21. The van der Waals surface area contributed by atoms with Gasteiger partial charge in [-0.2, -0.15) is 5.10 Å². The Labute approximate surface area is 148 Å². The van der Waals surface area contributed by atoms with Gasteiger partial charge in [-0.25, -0.2) is 4.79 Å². The summed E-state index contributed by atoms with van der Waals surface area (Å²) in [6, 6.07) is 5.70. The maximum Gasteiger partial charge on any atom is 0.323 e. The number of hydrogen-bond donors (Lipinski definition) is 1. The number of ether oxygens (including phenoxy) is 1. The molecule has 134 valence electrons. The van der Waals surface area contributed by atoms with E-state index in [-0.39, 0.29) is 12.1 Å². The molecule has 2 aromatic rings. The SMILES string of the molecule is CO[C@H]1CN(C(=O)Nc2ccn(CCc3ccncc3)n2)CC[C@@H]1C. The molecule has 0 radical (unpaired) electrons. The summed E-state index contributed by atoms with van der Waals surface area (Å²) in [4.78, 5) is 18.2. The van der Waals surface area contributed by atoms with Gasteiger partial charge in [-0.3, -0.25) is 15.0 Å². The maximum absolute atomic E-state index is 12.4. The fourth-order valence-corrected chi connectivity index (χ4v) is 3.06. The van der Waals surface area contributed by atoms with Gasteiger partial charge in [0.05, 0.1) is 6.10 Å². The van der Waals surface area contributed by atoms with Gasteiger partial charge in [0.1, 0.15) is 0 Å². The Morgan fingerprint density at radius 1 is 1.36 bits per heavy atom. The van der Waals surface area contributed by atoms with E-state index in [2.05, 4.69) is 22.3 Å². The average molecular weight is 343 g/mol. The predicted octanol–water partition coefficient (Wildman–Crippen LogP) is 2.41. The summed E-state index contributed by atoms with van der Waals surface area (Å²) in [5, 5.41) is 7.30. The molecule has 2 atom stereocenters. The first-order valence-corrected chi connectivity index (χ1v) is 8.67. The largest absolute Gasteiger partial charge is 0.379 e. The number of hydrogen-bond acceptors (Lipinski definition) is 4. The molecular weight excluding hydrogens is 318 g/mol. The lowest BCUT2D eigenvalue weighted by atomic mass is 9.96. The molecule has 1 saturated heterocycles. The molecule has 3 heterocycles. The Morgan fingerprint density at radius 2 is 2.16 bits per heavy atom. The smallest absolute Gasteiger partial charge is 0.323 e. The third kappa shape index (κ3) is 4.57. The number of nitrogens with zero attached hydrogens (tertiary/aromatic N) is 4. The number of pyridine rings is 1. The number of nitrogens with one attached hydrogen (secondary N) is 1. The monoisotopic (exact) mass is 343 g/mol. The van der Waals surface area contributed by atoms with Crippen molar-refractivity contribution in [2.24, 2.45) is 5.92 Å². The molecule has 1 aliphatic heterocycles. The Kier molecular flexibility index (Phi) is 5.65. The lowest BCUT2D eigenvalue weighted by Gasteiger charge is -2.35. The van der Waals surface area contributed by atoms with Crippen molar-refractivity contribution in [1.82, 2.24) is 19.7 Å². The zero-order valence-corrected chi connectivity index (χ0v) is 14.8. The molecule has 0 spiro atoms. The van der Waals surface area contributed by atoms with Crippen LogP contribution in [0.3, 0.4) is 0 Å². The molecule has 0 saturated carbocycles. The molecule has 2 aromatic heterocycles. The number of urea groups is 1. The highest BCUT2D eigenvalue weighted by Crippen LogP contribution is 2.20. The number of amides is 2. The van der Waals surface area contributed by atoms with Crippen LogP contribution in [0, 0.1) is 5.92 Å². The summed E-state index contributed by atoms with van der Waals surface area (Å²) in [5.74, 6) is 1.05. The number of methoxy groups -OCH3 is 1. The van der Waals surface area contributed by atoms with Crippen LogP contribution in [0.1, 0.15) is 18.9 Å². The zero-order valence-electron chi connectivity index (χ0n) is 14.8. The number of piperidine rings is 1. The lowest BCUT2D eigenvalue weighted by molar-refractivity contribution is 0.00894. The van der Waals surface area contributed by atoms with Crippen molar-refractivity contribution >= 4 is 11.8 Å². The van der Waals surface area contributed by atoms with Crippen molar-refractivity contribution in [3.05, 3.63) is 42.4 Å². The van der Waals surface area contributed by atoms with Crippen molar-refractivity contribution in [3.8, 4) is 0 Å². The number of rotatable bonds is 5. The van der Waals surface area contributed by atoms with E-state index in [4.69, 9.17) is 4.74 Å². The van der Waals surface area contributed by atoms with Gasteiger partial charge < -0.3 is 9.64 Å². The van der Waals surface area contributed by atoms with Crippen LogP contribution in [0.25, 0.3) is 0 Å². The first kappa shape index (κ1) is 17.4. The van der Waals surface area contributed by atoms with Crippen LogP contribution >= 0.6 is 0 Å². The maximum atomic E-state index is 12.4. The molecule has 0 aromatic carbocycles. The third-order valence-corrected chi connectivity index (χ3v) is 4.73. The first-order valence-electron chi connectivity index (χ1n) is 8.67. The van der Waals surface area contributed by atoms with Gasteiger partial charge in [0.15, 0.2) is 5.82 Å². The molecule has 0 unspecified atom stereocenters. The van der Waals surface area contributed by atoms with Crippen LogP contribution in [-0.4, -0.2) is 52.0 Å². The highest BCUT2D eigenvalue weighted by molar-refractivity contribution is 5.88. The van der Waals surface area contributed by atoms with Crippen molar-refractivity contribution in [2.45, 2.75) is 32.4 Å². The normalized spacial score (nSPS) is 20.5. The van der Waals surface area contributed by atoms with Crippen molar-refractivity contribution in [1.29, 1.82) is 0 Å². The minimum absolute atomic E-state index is 0.0948. The summed E-state index contributed by atoms with van der Waals surface area (Å²) in [6.07, 6.45) is 7.38. The van der Waals surface area contributed by atoms with Crippen molar-refractivity contribution in [3.63, 3.8) is 0 Å². The molecular formula is C18H25N5O2. The number of carbonyl (C=O) groups is 1. The van der Waals surface area contributed by atoms with Gasteiger partial charge in [0, 0.05) is 51.4 Å². The molecule has 1 N–H and O–H groups in total. The van der Waals surface area contributed by atoms with E-state index in [1.807, 2.05) is 29.1 Å². The number of aryl methyl sites for hydroxylation is 2. The number of aromatic nitrogens is 3. The molecule has 3 rings (SSSR count). The van der Waals surface area contributed by atoms with E-state index >= 15 is 0 Å². The molecule has 7 nitrogen and oxygen atoms in total. The fraction of sp³-hybridized carbons (Fsp3) is 0.500. The second-order valence-corrected chi connectivity index (χ2v) is 6.49. The zero-order chi connectivity index (χ0) is 17.6. The van der Waals surface area contributed by atoms with E-state index in [1.54, 1.807) is 24.4 Å². The number of anilines is 1. The molecule has 0 bridgehead atoms. The summed E-state index contributed by atoms with van der Waals surface area (Å²) >= 11 is 0. The first-order chi connectivity index (χ1) is 12.2. The molecule has 1 aliphatic rings. The fourth-order valence-electron chi connectivity index (χ4n) is 3.06. The Balaban J connectivity index is 1.51. The number of carbonyl (C=O) groups excluding carboxylic acids is 1. The quantitative estimate of drug-likeness (QED) is 0.905. The minimum atomic E-state index is -0.117. The number of likely N-dealkylation sites (tertiary alicyclic amines) is 1. The van der Waals surface area contributed by atoms with Gasteiger partial charge >= 0.3 is 6.03 Å². The Morgan fingerprint density at radius 3 is 2.92 bits per heavy atom. The second kappa shape index (κ2) is 8.11. The van der Waals surface area contributed by atoms with Crippen LogP contribution in [0.2, 0.25) is 0 Å². The topological polar surface area (TPSA) is 72.3 Å². The summed E-state index contributed by atoms with van der Waals surface area (Å²) in [7, 11) is 1.70. The molecule has 25 heavy (non-hydrogen) atoms. The van der Waals surface area contributed by atoms with Gasteiger partial charge in [0.2, 0.25) is 0 Å².